The number of aryl methyl sites for hydroxylation is 1. The van der Waals surface area contributed by atoms with E-state index in [0.717, 1.165) is 11.3 Å². The van der Waals surface area contributed by atoms with E-state index in [1.165, 1.54) is 0 Å². The molecule has 1 aromatic heterocycles. The fraction of sp³-hybridized carbons (Fsp3) is 0.300. The van der Waals surface area contributed by atoms with Crippen molar-refractivity contribution in [2.24, 2.45) is 0 Å². The van der Waals surface area contributed by atoms with Gasteiger partial charge in [-0.3, -0.25) is 0 Å². The SMILES string of the molecule is CCOC(=O)c1sc(C#CC#N)nc1C. The zero-order valence-corrected chi connectivity index (χ0v) is 9.14. The van der Waals surface area contributed by atoms with E-state index >= 15 is 0 Å². The molecule has 0 atom stereocenters. The number of hydrogen-bond acceptors (Lipinski definition) is 5. The van der Waals surface area contributed by atoms with Gasteiger partial charge in [0.2, 0.25) is 0 Å². The van der Waals surface area contributed by atoms with Gasteiger partial charge in [-0.2, -0.15) is 5.26 Å². The Hall–Kier alpha value is -1.85. The van der Waals surface area contributed by atoms with Gasteiger partial charge in [0.1, 0.15) is 4.88 Å². The summed E-state index contributed by atoms with van der Waals surface area (Å²) in [6.45, 7) is 3.78. The highest BCUT2D eigenvalue weighted by molar-refractivity contribution is 7.14. The van der Waals surface area contributed by atoms with Crippen molar-refractivity contribution < 1.29 is 9.53 Å². The number of aromatic nitrogens is 1. The Kier molecular flexibility index (Phi) is 3.84. The van der Waals surface area contributed by atoms with Crippen molar-refractivity contribution in [2.75, 3.05) is 6.61 Å². The van der Waals surface area contributed by atoms with Crippen molar-refractivity contribution in [1.29, 1.82) is 5.26 Å². The molecule has 0 bridgehead atoms. The first-order valence-corrected chi connectivity index (χ1v) is 5.05. The molecule has 0 aliphatic heterocycles. The third kappa shape index (κ3) is 2.80. The Morgan fingerprint density at radius 1 is 1.67 bits per heavy atom. The summed E-state index contributed by atoms with van der Waals surface area (Å²) in [6.07, 6.45) is 0. The average Bonchev–Trinajstić information content (AvgIpc) is 2.57. The lowest BCUT2D eigenvalue weighted by Gasteiger charge is -1.97. The highest BCUT2D eigenvalue weighted by atomic mass is 32.1. The van der Waals surface area contributed by atoms with Gasteiger partial charge < -0.3 is 4.74 Å². The smallest absolute Gasteiger partial charge is 0.350 e. The number of nitrogens with zero attached hydrogens (tertiary/aromatic N) is 2. The van der Waals surface area contributed by atoms with E-state index < -0.39 is 5.97 Å². The monoisotopic (exact) mass is 220 g/mol. The van der Waals surface area contributed by atoms with Crippen LogP contribution in [0.4, 0.5) is 0 Å². The minimum Gasteiger partial charge on any atom is -0.462 e. The molecule has 0 saturated heterocycles. The molecule has 0 N–H and O–H groups in total. The molecule has 0 fully saturated rings. The van der Waals surface area contributed by atoms with Gasteiger partial charge in [0.05, 0.1) is 12.3 Å². The fourth-order valence-electron chi connectivity index (χ4n) is 0.917. The summed E-state index contributed by atoms with van der Waals surface area (Å²) in [5, 5.41) is 8.71. The standard InChI is InChI=1S/C10H8N2O2S/c1-3-14-10(13)9-7(2)12-8(15-9)5-4-6-11/h3H2,1-2H3. The van der Waals surface area contributed by atoms with E-state index in [9.17, 15) is 4.79 Å². The number of hydrogen-bond donors (Lipinski definition) is 0. The molecule has 0 aromatic carbocycles. The summed E-state index contributed by atoms with van der Waals surface area (Å²) in [7, 11) is 0. The topological polar surface area (TPSA) is 63.0 Å². The highest BCUT2D eigenvalue weighted by Crippen LogP contribution is 2.18. The fourth-order valence-corrected chi connectivity index (χ4v) is 1.73. The summed E-state index contributed by atoms with van der Waals surface area (Å²) in [5.41, 5.74) is 0.584. The lowest BCUT2D eigenvalue weighted by molar-refractivity contribution is 0.0531. The van der Waals surface area contributed by atoms with Crippen LogP contribution in [0.25, 0.3) is 0 Å². The van der Waals surface area contributed by atoms with Crippen molar-refractivity contribution in [2.45, 2.75) is 13.8 Å². The Morgan fingerprint density at radius 3 is 3.00 bits per heavy atom. The summed E-state index contributed by atoms with van der Waals surface area (Å²) in [4.78, 5) is 15.9. The molecule has 0 aliphatic rings. The molecular formula is C10H8N2O2S. The van der Waals surface area contributed by atoms with Gasteiger partial charge in [0.25, 0.3) is 0 Å². The van der Waals surface area contributed by atoms with E-state index in [1.807, 2.05) is 0 Å². The van der Waals surface area contributed by atoms with E-state index in [1.54, 1.807) is 19.9 Å². The first-order chi connectivity index (χ1) is 7.19. The largest absolute Gasteiger partial charge is 0.462 e. The normalized spacial score (nSPS) is 8.60. The first kappa shape index (κ1) is 11.2. The molecule has 0 spiro atoms. The summed E-state index contributed by atoms with van der Waals surface area (Å²) >= 11 is 1.14. The van der Waals surface area contributed by atoms with Gasteiger partial charge in [-0.25, -0.2) is 9.78 Å². The number of esters is 1. The van der Waals surface area contributed by atoms with Crippen LogP contribution in [0.15, 0.2) is 0 Å². The Bertz CT molecular complexity index is 474. The molecule has 5 heteroatoms. The Balaban J connectivity index is 2.97. The van der Waals surface area contributed by atoms with Gasteiger partial charge in [-0.15, -0.1) is 0 Å². The number of ether oxygens (including phenoxy) is 1. The van der Waals surface area contributed by atoms with Crippen LogP contribution < -0.4 is 0 Å². The average molecular weight is 220 g/mol. The minimum absolute atomic E-state index is 0.329. The maximum atomic E-state index is 11.4. The van der Waals surface area contributed by atoms with E-state index in [4.69, 9.17) is 10.00 Å². The molecular weight excluding hydrogens is 212 g/mol. The van der Waals surface area contributed by atoms with Crippen LogP contribution in [0.5, 0.6) is 0 Å². The molecule has 15 heavy (non-hydrogen) atoms. The summed E-state index contributed by atoms with van der Waals surface area (Å²) < 4.78 is 4.84. The minimum atomic E-state index is -0.391. The van der Waals surface area contributed by atoms with Gasteiger partial charge in [0, 0.05) is 5.92 Å². The predicted molar refractivity (Wildman–Crippen MR) is 55.3 cm³/mol. The third-order valence-electron chi connectivity index (χ3n) is 1.48. The van der Waals surface area contributed by atoms with E-state index in [2.05, 4.69) is 16.8 Å². The van der Waals surface area contributed by atoms with Crippen LogP contribution in [0.1, 0.15) is 27.3 Å². The summed E-state index contributed by atoms with van der Waals surface area (Å²) in [5.74, 6) is 4.38. The zero-order chi connectivity index (χ0) is 11.3. The van der Waals surface area contributed by atoms with Gasteiger partial charge in [0.15, 0.2) is 11.1 Å². The molecule has 0 aliphatic carbocycles. The second-order valence-electron chi connectivity index (χ2n) is 2.52. The predicted octanol–water partition coefficient (Wildman–Crippen LogP) is 1.50. The maximum absolute atomic E-state index is 11.4. The number of rotatable bonds is 2. The number of carbonyl (C=O) groups excluding carboxylic acids is 1. The molecule has 0 saturated carbocycles. The van der Waals surface area contributed by atoms with Gasteiger partial charge >= 0.3 is 5.97 Å². The van der Waals surface area contributed by atoms with Crippen molar-refractivity contribution in [3.8, 4) is 17.9 Å². The van der Waals surface area contributed by atoms with Crippen molar-refractivity contribution in [1.82, 2.24) is 4.98 Å². The molecule has 0 unspecified atom stereocenters. The maximum Gasteiger partial charge on any atom is 0.350 e. The van der Waals surface area contributed by atoms with Crippen LogP contribution in [-0.2, 0) is 4.74 Å². The number of carbonyl (C=O) groups is 1. The van der Waals surface area contributed by atoms with Crippen molar-refractivity contribution in [3.63, 3.8) is 0 Å². The van der Waals surface area contributed by atoms with Crippen LogP contribution in [0.2, 0.25) is 0 Å². The number of thiazole rings is 1. The van der Waals surface area contributed by atoms with Crippen LogP contribution >= 0.6 is 11.3 Å². The second kappa shape index (κ2) is 5.14. The van der Waals surface area contributed by atoms with Crippen molar-refractivity contribution >= 4 is 17.3 Å². The first-order valence-electron chi connectivity index (χ1n) is 4.23. The second-order valence-corrected chi connectivity index (χ2v) is 3.51. The lowest BCUT2D eigenvalue weighted by atomic mass is 10.4. The molecule has 76 valence electrons. The van der Waals surface area contributed by atoms with Crippen LogP contribution in [-0.4, -0.2) is 17.6 Å². The van der Waals surface area contributed by atoms with Gasteiger partial charge in [-0.05, 0) is 19.8 Å². The van der Waals surface area contributed by atoms with Gasteiger partial charge in [-0.1, -0.05) is 11.3 Å². The Labute approximate surface area is 91.5 Å². The molecule has 1 heterocycles. The summed E-state index contributed by atoms with van der Waals surface area (Å²) in [6, 6.07) is 1.69. The zero-order valence-electron chi connectivity index (χ0n) is 8.33. The highest BCUT2D eigenvalue weighted by Gasteiger charge is 2.15. The molecule has 1 rings (SSSR count). The van der Waals surface area contributed by atoms with Crippen molar-refractivity contribution in [3.05, 3.63) is 15.6 Å². The third-order valence-corrected chi connectivity index (χ3v) is 2.54. The van der Waals surface area contributed by atoms with E-state index in [-0.39, 0.29) is 0 Å². The number of nitriles is 1. The molecule has 0 amide bonds. The lowest BCUT2D eigenvalue weighted by Crippen LogP contribution is -2.03. The molecule has 1 aromatic rings. The van der Waals surface area contributed by atoms with Crippen LogP contribution in [0, 0.1) is 30.1 Å². The molecule has 4 nitrogen and oxygen atoms in total. The van der Waals surface area contributed by atoms with Crippen LogP contribution in [0.3, 0.4) is 0 Å². The quantitative estimate of drug-likeness (QED) is 0.559. The van der Waals surface area contributed by atoms with E-state index in [0.29, 0.717) is 22.2 Å². The Morgan fingerprint density at radius 2 is 2.40 bits per heavy atom. The molecule has 0 radical (unpaired) electrons.